The van der Waals surface area contributed by atoms with E-state index in [1.807, 2.05) is 31.2 Å². The van der Waals surface area contributed by atoms with Crippen LogP contribution < -0.4 is 5.32 Å². The lowest BCUT2D eigenvalue weighted by molar-refractivity contribution is -0.150. The summed E-state index contributed by atoms with van der Waals surface area (Å²) in [7, 11) is 0. The normalized spacial score (nSPS) is 23.3. The van der Waals surface area contributed by atoms with Crippen LogP contribution in [0.4, 0.5) is 4.79 Å². The molecule has 1 saturated heterocycles. The SMILES string of the molecule is CCC[C@@H](NC(=O)OCC1c2ccccc2-c2ccccc21)C(=O)N1CC2CCC(C1)C2C(=O)O. The van der Waals surface area contributed by atoms with E-state index in [-0.39, 0.29) is 36.2 Å². The molecule has 7 heteroatoms. The number of fused-ring (bicyclic) bond motifs is 5. The van der Waals surface area contributed by atoms with Gasteiger partial charge in [0.15, 0.2) is 0 Å². The highest BCUT2D eigenvalue weighted by Crippen LogP contribution is 2.45. The number of alkyl carbamates (subject to hydrolysis) is 1. The molecule has 2 unspecified atom stereocenters. The second-order valence-corrected chi connectivity index (χ2v) is 10.0. The van der Waals surface area contributed by atoms with E-state index in [1.54, 1.807) is 4.90 Å². The first kappa shape index (κ1) is 23.4. The second kappa shape index (κ2) is 9.72. The molecule has 2 aromatic carbocycles. The van der Waals surface area contributed by atoms with Crippen molar-refractivity contribution in [2.45, 2.75) is 44.6 Å². The van der Waals surface area contributed by atoms with Crippen LogP contribution in [0.15, 0.2) is 48.5 Å². The predicted molar refractivity (Wildman–Crippen MR) is 131 cm³/mol. The third-order valence-electron chi connectivity index (χ3n) is 7.94. The number of hydrogen-bond acceptors (Lipinski definition) is 4. The van der Waals surface area contributed by atoms with Gasteiger partial charge in [-0.2, -0.15) is 0 Å². The average molecular weight is 477 g/mol. The van der Waals surface area contributed by atoms with Gasteiger partial charge in [-0.25, -0.2) is 4.79 Å². The Morgan fingerprint density at radius 2 is 1.57 bits per heavy atom. The van der Waals surface area contributed by atoms with Crippen molar-refractivity contribution in [1.29, 1.82) is 0 Å². The second-order valence-electron chi connectivity index (χ2n) is 10.0. The molecular weight excluding hydrogens is 444 g/mol. The van der Waals surface area contributed by atoms with E-state index in [2.05, 4.69) is 29.6 Å². The number of carbonyl (C=O) groups excluding carboxylic acids is 2. The highest BCUT2D eigenvalue weighted by Gasteiger charge is 2.47. The number of benzene rings is 2. The fraction of sp³-hybridized carbons (Fsp3) is 0.464. The van der Waals surface area contributed by atoms with E-state index in [1.165, 1.54) is 0 Å². The summed E-state index contributed by atoms with van der Waals surface area (Å²) in [4.78, 5) is 39.5. The molecule has 5 rings (SSSR count). The number of hydrogen-bond donors (Lipinski definition) is 2. The van der Waals surface area contributed by atoms with Crippen LogP contribution in [0, 0.1) is 17.8 Å². The molecule has 35 heavy (non-hydrogen) atoms. The highest BCUT2D eigenvalue weighted by molar-refractivity contribution is 5.86. The monoisotopic (exact) mass is 476 g/mol. The number of nitrogens with zero attached hydrogens (tertiary/aromatic N) is 1. The molecule has 2 aromatic rings. The number of carbonyl (C=O) groups is 3. The summed E-state index contributed by atoms with van der Waals surface area (Å²) in [6.07, 6.45) is 2.32. The summed E-state index contributed by atoms with van der Waals surface area (Å²) in [6, 6.07) is 15.7. The number of ether oxygens (including phenoxy) is 1. The van der Waals surface area contributed by atoms with Gasteiger partial charge in [0.05, 0.1) is 5.92 Å². The number of nitrogens with one attached hydrogen (secondary N) is 1. The first-order chi connectivity index (χ1) is 17.0. The van der Waals surface area contributed by atoms with Crippen molar-refractivity contribution in [2.75, 3.05) is 19.7 Å². The predicted octanol–water partition coefficient (Wildman–Crippen LogP) is 4.26. The molecule has 2 amide bonds. The number of amides is 2. The van der Waals surface area contributed by atoms with Crippen molar-refractivity contribution in [2.24, 2.45) is 17.8 Å². The Morgan fingerprint density at radius 3 is 2.11 bits per heavy atom. The van der Waals surface area contributed by atoms with Gasteiger partial charge in [-0.15, -0.1) is 0 Å². The van der Waals surface area contributed by atoms with Crippen LogP contribution in [0.3, 0.4) is 0 Å². The fourth-order valence-electron chi connectivity index (χ4n) is 6.35. The lowest BCUT2D eigenvalue weighted by atomic mass is 9.85. The highest BCUT2D eigenvalue weighted by atomic mass is 16.5. The van der Waals surface area contributed by atoms with Crippen LogP contribution in [-0.2, 0) is 14.3 Å². The minimum absolute atomic E-state index is 0.00747. The first-order valence-corrected chi connectivity index (χ1v) is 12.6. The van der Waals surface area contributed by atoms with Gasteiger partial charge in [0.25, 0.3) is 0 Å². The zero-order valence-corrected chi connectivity index (χ0v) is 20.0. The number of aliphatic carboxylic acids is 1. The summed E-state index contributed by atoms with van der Waals surface area (Å²) in [5.74, 6) is -1.32. The summed E-state index contributed by atoms with van der Waals surface area (Å²) < 4.78 is 5.66. The van der Waals surface area contributed by atoms with Crippen LogP contribution >= 0.6 is 0 Å². The van der Waals surface area contributed by atoms with Gasteiger partial charge >= 0.3 is 12.1 Å². The molecule has 3 atom stereocenters. The van der Waals surface area contributed by atoms with Crippen molar-refractivity contribution >= 4 is 18.0 Å². The quantitative estimate of drug-likeness (QED) is 0.622. The van der Waals surface area contributed by atoms with E-state index < -0.39 is 18.1 Å². The Balaban J connectivity index is 1.23. The lowest BCUT2D eigenvalue weighted by Gasteiger charge is -2.37. The summed E-state index contributed by atoms with van der Waals surface area (Å²) in [5.41, 5.74) is 4.60. The molecule has 2 N–H and O–H groups in total. The van der Waals surface area contributed by atoms with Gasteiger partial charge in [0.2, 0.25) is 5.91 Å². The number of rotatable bonds is 7. The molecule has 0 spiro atoms. The minimum Gasteiger partial charge on any atom is -0.481 e. The van der Waals surface area contributed by atoms with Crippen molar-refractivity contribution in [3.05, 3.63) is 59.7 Å². The van der Waals surface area contributed by atoms with Gasteiger partial charge in [0.1, 0.15) is 12.6 Å². The Morgan fingerprint density at radius 1 is 1.00 bits per heavy atom. The van der Waals surface area contributed by atoms with Crippen molar-refractivity contribution in [3.8, 4) is 11.1 Å². The summed E-state index contributed by atoms with van der Waals surface area (Å²) in [6.45, 7) is 3.05. The van der Waals surface area contributed by atoms with E-state index in [4.69, 9.17) is 4.74 Å². The van der Waals surface area contributed by atoms with Gasteiger partial charge in [0, 0.05) is 19.0 Å². The van der Waals surface area contributed by atoms with Gasteiger partial charge in [-0.05, 0) is 53.4 Å². The van der Waals surface area contributed by atoms with Gasteiger partial charge < -0.3 is 20.1 Å². The third kappa shape index (κ3) is 4.40. The Kier molecular flexibility index (Phi) is 6.50. The van der Waals surface area contributed by atoms with Crippen LogP contribution in [-0.4, -0.2) is 53.7 Å². The third-order valence-corrected chi connectivity index (χ3v) is 7.94. The van der Waals surface area contributed by atoms with E-state index >= 15 is 0 Å². The molecular formula is C28H32N2O5. The van der Waals surface area contributed by atoms with Crippen LogP contribution in [0.1, 0.15) is 49.7 Å². The smallest absolute Gasteiger partial charge is 0.407 e. The van der Waals surface area contributed by atoms with Crippen LogP contribution in [0.25, 0.3) is 11.1 Å². The lowest BCUT2D eigenvalue weighted by Crippen LogP contribution is -2.54. The molecule has 0 radical (unpaired) electrons. The standard InChI is InChI=1S/C28H32N2O5/c1-2-7-24(26(31)30-14-17-12-13-18(15-30)25(17)27(32)33)29-28(34)35-16-23-21-10-5-3-8-19(21)20-9-4-6-11-22(20)23/h3-6,8-11,17-18,23-25H,2,7,12-16H2,1H3,(H,29,34)(H,32,33)/t17?,18?,24-,25?/m1/s1. The van der Waals surface area contributed by atoms with Crippen LogP contribution in [0.5, 0.6) is 0 Å². The van der Waals surface area contributed by atoms with E-state index in [0.717, 1.165) is 41.5 Å². The van der Waals surface area contributed by atoms with E-state index in [0.29, 0.717) is 19.5 Å². The largest absolute Gasteiger partial charge is 0.481 e. The van der Waals surface area contributed by atoms with Crippen molar-refractivity contribution in [3.63, 3.8) is 0 Å². The Bertz CT molecular complexity index is 1070. The van der Waals surface area contributed by atoms with Crippen molar-refractivity contribution < 1.29 is 24.2 Å². The minimum atomic E-state index is -0.758. The molecule has 2 fully saturated rings. The van der Waals surface area contributed by atoms with Crippen LogP contribution in [0.2, 0.25) is 0 Å². The molecule has 7 nitrogen and oxygen atoms in total. The topological polar surface area (TPSA) is 95.9 Å². The maximum atomic E-state index is 13.3. The molecule has 3 aliphatic rings. The summed E-state index contributed by atoms with van der Waals surface area (Å²) in [5, 5.41) is 12.4. The molecule has 1 saturated carbocycles. The van der Waals surface area contributed by atoms with Gasteiger partial charge in [-0.1, -0.05) is 61.9 Å². The number of carboxylic acids is 1. The van der Waals surface area contributed by atoms with E-state index in [9.17, 15) is 19.5 Å². The Labute approximate surface area is 205 Å². The average Bonchev–Trinajstić information content (AvgIpc) is 3.33. The molecule has 2 aliphatic carbocycles. The molecule has 1 aliphatic heterocycles. The number of piperidine rings is 1. The molecule has 184 valence electrons. The maximum Gasteiger partial charge on any atom is 0.407 e. The number of carboxylic acid groups (broad SMARTS) is 1. The first-order valence-electron chi connectivity index (χ1n) is 12.6. The van der Waals surface area contributed by atoms with Gasteiger partial charge in [-0.3, -0.25) is 9.59 Å². The number of likely N-dealkylation sites (tertiary alicyclic amines) is 1. The van der Waals surface area contributed by atoms with Crippen molar-refractivity contribution in [1.82, 2.24) is 10.2 Å². The molecule has 2 bridgehead atoms. The maximum absolute atomic E-state index is 13.3. The summed E-state index contributed by atoms with van der Waals surface area (Å²) >= 11 is 0. The fourth-order valence-corrected chi connectivity index (χ4v) is 6.35. The molecule has 1 heterocycles. The Hall–Kier alpha value is -3.35. The zero-order valence-electron chi connectivity index (χ0n) is 20.0. The zero-order chi connectivity index (χ0) is 24.5. The molecule has 0 aromatic heterocycles.